The average molecular weight is 356 g/mol. The van der Waals surface area contributed by atoms with Gasteiger partial charge in [0.1, 0.15) is 5.75 Å². The van der Waals surface area contributed by atoms with Crippen LogP contribution in [0.3, 0.4) is 0 Å². The Morgan fingerprint density at radius 1 is 1.19 bits per heavy atom. The highest BCUT2D eigenvalue weighted by Gasteiger charge is 2.13. The lowest BCUT2D eigenvalue weighted by Gasteiger charge is -2.19. The average Bonchev–Trinajstić information content (AvgIpc) is 2.60. The first kappa shape index (κ1) is 19.3. The number of phenolic OH excluding ortho intramolecular Hbond substituents is 1. The second-order valence-corrected chi connectivity index (χ2v) is 6.79. The van der Waals surface area contributed by atoms with E-state index in [0.29, 0.717) is 17.1 Å². The molecule has 0 bridgehead atoms. The summed E-state index contributed by atoms with van der Waals surface area (Å²) in [7, 11) is 1.47. The minimum absolute atomic E-state index is 0.00446. The number of carbonyl (C=O) groups excluding carboxylic acids is 1. The molecule has 0 aliphatic heterocycles. The lowest BCUT2D eigenvalue weighted by molar-refractivity contribution is -0.123. The van der Waals surface area contributed by atoms with Gasteiger partial charge in [0.15, 0.2) is 18.1 Å². The van der Waals surface area contributed by atoms with Crippen molar-refractivity contribution in [2.75, 3.05) is 13.7 Å². The summed E-state index contributed by atoms with van der Waals surface area (Å²) >= 11 is 0. The maximum atomic E-state index is 11.8. The highest BCUT2D eigenvalue weighted by Crippen LogP contribution is 2.25. The van der Waals surface area contributed by atoms with Gasteiger partial charge in [-0.2, -0.15) is 5.10 Å². The Labute approximate surface area is 153 Å². The normalized spacial score (nSPS) is 11.4. The highest BCUT2D eigenvalue weighted by molar-refractivity contribution is 5.83. The third-order valence-electron chi connectivity index (χ3n) is 3.70. The summed E-state index contributed by atoms with van der Waals surface area (Å²) < 4.78 is 10.4. The van der Waals surface area contributed by atoms with Gasteiger partial charge < -0.3 is 14.6 Å². The van der Waals surface area contributed by atoms with Gasteiger partial charge in [0.2, 0.25) is 0 Å². The summed E-state index contributed by atoms with van der Waals surface area (Å²) in [6.07, 6.45) is 1.43. The molecular formula is C20H24N2O4. The molecule has 0 saturated heterocycles. The fraction of sp³-hybridized carbons (Fsp3) is 0.300. The third-order valence-corrected chi connectivity index (χ3v) is 3.70. The maximum absolute atomic E-state index is 11.8. The first-order chi connectivity index (χ1) is 12.3. The molecule has 2 aromatic rings. The number of rotatable bonds is 6. The molecule has 6 nitrogen and oxygen atoms in total. The highest BCUT2D eigenvalue weighted by atomic mass is 16.5. The van der Waals surface area contributed by atoms with Gasteiger partial charge >= 0.3 is 0 Å². The summed E-state index contributed by atoms with van der Waals surface area (Å²) in [5.41, 5.74) is 4.27. The number of carbonyl (C=O) groups is 1. The summed E-state index contributed by atoms with van der Waals surface area (Å²) in [6, 6.07) is 12.5. The van der Waals surface area contributed by atoms with Crippen molar-refractivity contribution in [1.29, 1.82) is 0 Å². The van der Waals surface area contributed by atoms with Gasteiger partial charge in [0.05, 0.1) is 13.3 Å². The minimum atomic E-state index is -0.376. The zero-order valence-electron chi connectivity index (χ0n) is 15.4. The number of phenols is 1. The lowest BCUT2D eigenvalue weighted by Crippen LogP contribution is -2.24. The van der Waals surface area contributed by atoms with Crippen LogP contribution < -0.4 is 14.9 Å². The number of methoxy groups -OCH3 is 1. The quantitative estimate of drug-likeness (QED) is 0.615. The molecule has 0 atom stereocenters. The zero-order valence-corrected chi connectivity index (χ0v) is 15.4. The van der Waals surface area contributed by atoms with Crippen molar-refractivity contribution >= 4 is 12.1 Å². The maximum Gasteiger partial charge on any atom is 0.277 e. The van der Waals surface area contributed by atoms with Gasteiger partial charge in [-0.25, -0.2) is 5.43 Å². The molecule has 0 saturated carbocycles. The molecule has 0 fully saturated rings. The monoisotopic (exact) mass is 356 g/mol. The van der Waals surface area contributed by atoms with Crippen molar-refractivity contribution in [3.63, 3.8) is 0 Å². The van der Waals surface area contributed by atoms with E-state index in [-0.39, 0.29) is 23.7 Å². The van der Waals surface area contributed by atoms with E-state index in [2.05, 4.69) is 31.3 Å². The number of amides is 1. The number of hydrogen-bond donors (Lipinski definition) is 2. The van der Waals surface area contributed by atoms with Crippen LogP contribution in [0, 0.1) is 0 Å². The number of ether oxygens (including phenoxy) is 2. The van der Waals surface area contributed by atoms with E-state index < -0.39 is 0 Å². The number of hydrazone groups is 1. The van der Waals surface area contributed by atoms with Crippen molar-refractivity contribution in [2.24, 2.45) is 5.10 Å². The fourth-order valence-corrected chi connectivity index (χ4v) is 2.20. The van der Waals surface area contributed by atoms with Crippen LogP contribution in [0.25, 0.3) is 0 Å². The van der Waals surface area contributed by atoms with Gasteiger partial charge in [-0.15, -0.1) is 0 Å². The molecule has 2 aromatic carbocycles. The van der Waals surface area contributed by atoms with E-state index in [4.69, 9.17) is 9.47 Å². The molecule has 0 heterocycles. The van der Waals surface area contributed by atoms with Crippen molar-refractivity contribution in [1.82, 2.24) is 5.43 Å². The summed E-state index contributed by atoms with van der Waals surface area (Å²) in [4.78, 5) is 11.8. The van der Waals surface area contributed by atoms with Crippen LogP contribution in [0.2, 0.25) is 0 Å². The number of aromatic hydroxyl groups is 1. The Morgan fingerprint density at radius 3 is 2.46 bits per heavy atom. The van der Waals surface area contributed by atoms with Crippen LogP contribution in [-0.2, 0) is 10.2 Å². The third kappa shape index (κ3) is 5.51. The molecule has 0 aliphatic carbocycles. The SMILES string of the molecule is COc1ccc(C=NNC(=O)COc2ccc(C(C)(C)C)cc2)cc1O. The van der Waals surface area contributed by atoms with Gasteiger partial charge in [-0.05, 0) is 46.9 Å². The van der Waals surface area contributed by atoms with Gasteiger partial charge in [-0.1, -0.05) is 32.9 Å². The number of nitrogens with one attached hydrogen (secondary N) is 1. The summed E-state index contributed by atoms with van der Waals surface area (Å²) in [6.45, 7) is 6.27. The standard InChI is InChI=1S/C20H24N2O4/c1-20(2,3)15-6-8-16(9-7-15)26-13-19(24)22-21-12-14-5-10-18(25-4)17(23)11-14/h5-12,23H,13H2,1-4H3,(H,22,24). The van der Waals surface area contributed by atoms with E-state index in [1.807, 2.05) is 24.3 Å². The Bertz CT molecular complexity index is 777. The molecule has 0 spiro atoms. The molecule has 0 radical (unpaired) electrons. The Kier molecular flexibility index (Phi) is 6.22. The molecule has 6 heteroatoms. The van der Waals surface area contributed by atoms with Crippen LogP contribution in [0.15, 0.2) is 47.6 Å². The summed E-state index contributed by atoms with van der Waals surface area (Å²) in [5, 5.41) is 13.5. The molecule has 26 heavy (non-hydrogen) atoms. The molecule has 0 aliphatic rings. The summed E-state index contributed by atoms with van der Waals surface area (Å²) in [5.74, 6) is 0.623. The lowest BCUT2D eigenvalue weighted by atomic mass is 9.87. The smallest absolute Gasteiger partial charge is 0.277 e. The van der Waals surface area contributed by atoms with Crippen LogP contribution in [0.4, 0.5) is 0 Å². The van der Waals surface area contributed by atoms with E-state index in [0.717, 1.165) is 0 Å². The van der Waals surface area contributed by atoms with E-state index in [1.54, 1.807) is 12.1 Å². The van der Waals surface area contributed by atoms with Crippen molar-refractivity contribution in [2.45, 2.75) is 26.2 Å². The van der Waals surface area contributed by atoms with Crippen molar-refractivity contribution in [3.05, 3.63) is 53.6 Å². The fourth-order valence-electron chi connectivity index (χ4n) is 2.20. The van der Waals surface area contributed by atoms with Crippen LogP contribution >= 0.6 is 0 Å². The minimum Gasteiger partial charge on any atom is -0.504 e. The van der Waals surface area contributed by atoms with Gasteiger partial charge in [-0.3, -0.25) is 4.79 Å². The number of nitrogens with zero attached hydrogens (tertiary/aromatic N) is 1. The topological polar surface area (TPSA) is 80.2 Å². The van der Waals surface area contributed by atoms with Crippen molar-refractivity contribution in [3.8, 4) is 17.2 Å². The molecule has 2 rings (SSSR count). The first-order valence-electron chi connectivity index (χ1n) is 8.22. The Hall–Kier alpha value is -3.02. The van der Waals surface area contributed by atoms with E-state index in [9.17, 15) is 9.90 Å². The van der Waals surface area contributed by atoms with Crippen molar-refractivity contribution < 1.29 is 19.4 Å². The van der Waals surface area contributed by atoms with E-state index >= 15 is 0 Å². The number of benzene rings is 2. The molecule has 0 unspecified atom stereocenters. The molecule has 2 N–H and O–H groups in total. The Balaban J connectivity index is 1.82. The number of hydrogen-bond acceptors (Lipinski definition) is 5. The van der Waals surface area contributed by atoms with Gasteiger partial charge in [0.25, 0.3) is 5.91 Å². The predicted molar refractivity (Wildman–Crippen MR) is 101 cm³/mol. The van der Waals surface area contributed by atoms with Crippen LogP contribution in [-0.4, -0.2) is 30.9 Å². The second-order valence-electron chi connectivity index (χ2n) is 6.79. The zero-order chi connectivity index (χ0) is 19.2. The van der Waals surface area contributed by atoms with Gasteiger partial charge in [0, 0.05) is 0 Å². The Morgan fingerprint density at radius 2 is 1.88 bits per heavy atom. The second kappa shape index (κ2) is 8.38. The van der Waals surface area contributed by atoms with Crippen LogP contribution in [0.5, 0.6) is 17.2 Å². The largest absolute Gasteiger partial charge is 0.504 e. The molecular weight excluding hydrogens is 332 g/mol. The molecule has 138 valence electrons. The van der Waals surface area contributed by atoms with E-state index in [1.165, 1.54) is 25.0 Å². The predicted octanol–water partition coefficient (Wildman–Crippen LogP) is 3.23. The molecule has 1 amide bonds. The van der Waals surface area contributed by atoms with Crippen LogP contribution in [0.1, 0.15) is 31.9 Å². The first-order valence-corrected chi connectivity index (χ1v) is 8.22. The molecule has 0 aromatic heterocycles.